The second kappa shape index (κ2) is 6.56. The summed E-state index contributed by atoms with van der Waals surface area (Å²) in [6.07, 6.45) is 0.374. The summed E-state index contributed by atoms with van der Waals surface area (Å²) in [5.74, 6) is 1.45. The first-order chi connectivity index (χ1) is 8.26. The molecule has 1 heterocycles. The molecule has 0 aliphatic carbocycles. The second-order valence-electron chi connectivity index (χ2n) is 4.24. The zero-order chi connectivity index (χ0) is 13.8. The average Bonchev–Trinajstić information content (AvgIpc) is 2.28. The third-order valence-electron chi connectivity index (χ3n) is 2.88. The molecule has 1 atom stereocenters. The predicted octanol–water partition coefficient (Wildman–Crippen LogP) is -0.525. The van der Waals surface area contributed by atoms with Crippen molar-refractivity contribution in [2.45, 2.75) is 18.7 Å². The van der Waals surface area contributed by atoms with Gasteiger partial charge in [0.2, 0.25) is 10.0 Å². The summed E-state index contributed by atoms with van der Waals surface area (Å²) in [6, 6.07) is 0. The molecule has 1 fully saturated rings. The number of primary sulfonamides is 1. The topological polar surface area (TPSA) is 97.5 Å². The molecule has 1 aliphatic heterocycles. The molecule has 1 aliphatic rings. The lowest BCUT2D eigenvalue weighted by Gasteiger charge is -2.34. The highest BCUT2D eigenvalue weighted by Crippen LogP contribution is 2.21. The molecular formula is C9H20N2O4S3. The molecule has 0 amide bonds. The van der Waals surface area contributed by atoms with E-state index in [4.69, 9.17) is 5.14 Å². The highest BCUT2D eigenvalue weighted by Gasteiger charge is 2.32. The van der Waals surface area contributed by atoms with Crippen LogP contribution >= 0.6 is 11.8 Å². The van der Waals surface area contributed by atoms with E-state index in [1.807, 2.05) is 4.90 Å². The molecule has 108 valence electrons. The van der Waals surface area contributed by atoms with Gasteiger partial charge in [-0.15, -0.1) is 0 Å². The van der Waals surface area contributed by atoms with Crippen molar-refractivity contribution < 1.29 is 16.8 Å². The van der Waals surface area contributed by atoms with Gasteiger partial charge < -0.3 is 0 Å². The van der Waals surface area contributed by atoms with Crippen molar-refractivity contribution in [2.75, 3.05) is 36.1 Å². The molecule has 1 rings (SSSR count). The van der Waals surface area contributed by atoms with Gasteiger partial charge in [0.25, 0.3) is 0 Å². The highest BCUT2D eigenvalue weighted by atomic mass is 32.2. The van der Waals surface area contributed by atoms with Crippen LogP contribution in [0.2, 0.25) is 0 Å². The zero-order valence-electron chi connectivity index (χ0n) is 10.4. The van der Waals surface area contributed by atoms with Crippen LogP contribution in [-0.4, -0.2) is 63.2 Å². The smallest absolute Gasteiger partial charge is 0.209 e. The molecule has 0 bridgehead atoms. The van der Waals surface area contributed by atoms with E-state index in [-0.39, 0.29) is 11.5 Å². The molecule has 0 saturated carbocycles. The summed E-state index contributed by atoms with van der Waals surface area (Å²) in [7, 11) is -6.58. The maximum absolute atomic E-state index is 11.9. The van der Waals surface area contributed by atoms with Crippen LogP contribution in [-0.2, 0) is 19.9 Å². The number of sulfone groups is 1. The summed E-state index contributed by atoms with van der Waals surface area (Å²) in [4.78, 5) is 1.86. The van der Waals surface area contributed by atoms with Crippen LogP contribution in [0.1, 0.15) is 13.3 Å². The summed E-state index contributed by atoms with van der Waals surface area (Å²) < 4.78 is 45.5. The molecule has 9 heteroatoms. The van der Waals surface area contributed by atoms with Crippen LogP contribution in [0, 0.1) is 0 Å². The Labute approximate surface area is 113 Å². The average molecular weight is 316 g/mol. The fourth-order valence-corrected chi connectivity index (χ4v) is 5.51. The van der Waals surface area contributed by atoms with Gasteiger partial charge in [0.1, 0.15) is 5.37 Å². The minimum absolute atomic E-state index is 0.102. The Bertz CT molecular complexity index is 460. The van der Waals surface area contributed by atoms with Gasteiger partial charge in [0.15, 0.2) is 9.84 Å². The van der Waals surface area contributed by atoms with E-state index in [1.165, 1.54) is 0 Å². The number of sulfonamides is 1. The zero-order valence-corrected chi connectivity index (χ0v) is 12.9. The normalized spacial score (nSPS) is 23.1. The molecule has 0 aromatic heterocycles. The molecule has 0 radical (unpaired) electrons. The number of thioether (sulfide) groups is 1. The molecule has 1 saturated heterocycles. The Morgan fingerprint density at radius 1 is 1.33 bits per heavy atom. The molecule has 1 unspecified atom stereocenters. The Hall–Kier alpha value is 0.170. The summed E-state index contributed by atoms with van der Waals surface area (Å²) in [6.45, 7) is 2.77. The van der Waals surface area contributed by atoms with Crippen molar-refractivity contribution in [1.82, 2.24) is 4.90 Å². The number of hydrogen-bond donors (Lipinski definition) is 1. The van der Waals surface area contributed by atoms with Gasteiger partial charge in [-0.3, -0.25) is 4.90 Å². The molecule has 2 N–H and O–H groups in total. The first-order valence-electron chi connectivity index (χ1n) is 5.80. The van der Waals surface area contributed by atoms with E-state index in [1.54, 1.807) is 18.7 Å². The third kappa shape index (κ3) is 5.04. The number of nitrogens with zero attached hydrogens (tertiary/aromatic N) is 1. The Balaban J connectivity index is 2.61. The van der Waals surface area contributed by atoms with E-state index in [9.17, 15) is 16.8 Å². The fourth-order valence-electron chi connectivity index (χ4n) is 1.86. The second-order valence-corrected chi connectivity index (χ2v) is 9.57. The van der Waals surface area contributed by atoms with E-state index < -0.39 is 25.2 Å². The van der Waals surface area contributed by atoms with Crippen molar-refractivity contribution in [2.24, 2.45) is 5.14 Å². The number of hydrogen-bond acceptors (Lipinski definition) is 6. The minimum atomic E-state index is -3.46. The van der Waals surface area contributed by atoms with Gasteiger partial charge >= 0.3 is 0 Å². The van der Waals surface area contributed by atoms with Gasteiger partial charge in [-0.25, -0.2) is 22.0 Å². The standard InChI is InChI=1S/C9H20N2O4S3/c1-2-17(12,13)9-8-16-6-5-11(9)4-3-7-18(10,14)15/h9H,2-8H2,1H3,(H2,10,14,15). The lowest BCUT2D eigenvalue weighted by molar-refractivity contribution is 0.271. The van der Waals surface area contributed by atoms with Crippen LogP contribution in [0.4, 0.5) is 0 Å². The Morgan fingerprint density at radius 3 is 2.56 bits per heavy atom. The van der Waals surface area contributed by atoms with E-state index in [0.717, 1.165) is 5.75 Å². The van der Waals surface area contributed by atoms with Gasteiger partial charge in [0.05, 0.1) is 5.75 Å². The van der Waals surface area contributed by atoms with Gasteiger partial charge in [-0.05, 0) is 6.42 Å². The SMILES string of the molecule is CCS(=O)(=O)C1CSCCN1CCCS(N)(=O)=O. The quantitative estimate of drug-likeness (QED) is 0.708. The molecule has 0 spiro atoms. The van der Waals surface area contributed by atoms with E-state index in [2.05, 4.69) is 0 Å². The maximum atomic E-state index is 11.9. The molecule has 0 aromatic rings. The monoisotopic (exact) mass is 316 g/mol. The summed E-state index contributed by atoms with van der Waals surface area (Å²) in [5, 5.41) is 4.44. The van der Waals surface area contributed by atoms with Crippen molar-refractivity contribution in [1.29, 1.82) is 0 Å². The molecule has 18 heavy (non-hydrogen) atoms. The van der Waals surface area contributed by atoms with Gasteiger partial charge in [-0.1, -0.05) is 6.92 Å². The third-order valence-corrected chi connectivity index (χ3v) is 7.07. The van der Waals surface area contributed by atoms with Gasteiger partial charge in [-0.2, -0.15) is 11.8 Å². The highest BCUT2D eigenvalue weighted by molar-refractivity contribution is 8.01. The number of rotatable bonds is 6. The maximum Gasteiger partial charge on any atom is 0.209 e. The van der Waals surface area contributed by atoms with Crippen LogP contribution in [0.3, 0.4) is 0 Å². The van der Waals surface area contributed by atoms with Crippen LogP contribution in [0.5, 0.6) is 0 Å². The molecule has 0 aromatic carbocycles. The van der Waals surface area contributed by atoms with Crippen LogP contribution in [0.25, 0.3) is 0 Å². The first kappa shape index (κ1) is 16.2. The van der Waals surface area contributed by atoms with Gasteiger partial charge in [0, 0.05) is 30.3 Å². The van der Waals surface area contributed by atoms with Crippen LogP contribution < -0.4 is 5.14 Å². The predicted molar refractivity (Wildman–Crippen MR) is 74.7 cm³/mol. The summed E-state index contributed by atoms with van der Waals surface area (Å²) >= 11 is 1.62. The largest absolute Gasteiger partial charge is 0.286 e. The number of nitrogens with two attached hydrogens (primary N) is 1. The van der Waals surface area contributed by atoms with E-state index >= 15 is 0 Å². The fraction of sp³-hybridized carbons (Fsp3) is 1.00. The summed E-state index contributed by atoms with van der Waals surface area (Å²) in [5.41, 5.74) is 0. The van der Waals surface area contributed by atoms with Crippen molar-refractivity contribution in [3.8, 4) is 0 Å². The molecule has 6 nitrogen and oxygen atoms in total. The lowest BCUT2D eigenvalue weighted by atomic mass is 10.4. The Kier molecular flexibility index (Phi) is 5.91. The van der Waals surface area contributed by atoms with Crippen LogP contribution in [0.15, 0.2) is 0 Å². The minimum Gasteiger partial charge on any atom is -0.286 e. The lowest BCUT2D eigenvalue weighted by Crippen LogP contribution is -2.48. The van der Waals surface area contributed by atoms with E-state index in [0.29, 0.717) is 25.3 Å². The van der Waals surface area contributed by atoms with Crippen molar-refractivity contribution in [3.05, 3.63) is 0 Å². The first-order valence-corrected chi connectivity index (χ1v) is 10.4. The molecular weight excluding hydrogens is 296 g/mol. The van der Waals surface area contributed by atoms with Crippen molar-refractivity contribution >= 4 is 31.6 Å². The van der Waals surface area contributed by atoms with Crippen molar-refractivity contribution in [3.63, 3.8) is 0 Å². The Morgan fingerprint density at radius 2 is 2.00 bits per heavy atom.